The van der Waals surface area contributed by atoms with E-state index in [0.717, 1.165) is 12.0 Å². The molecule has 0 aliphatic carbocycles. The number of aryl methyl sites for hydroxylation is 1. The van der Waals surface area contributed by atoms with Crippen LogP contribution in [0, 0.1) is 13.8 Å². The lowest BCUT2D eigenvalue weighted by atomic mass is 10.0. The zero-order valence-electron chi connectivity index (χ0n) is 20.0. The van der Waals surface area contributed by atoms with E-state index in [1.807, 2.05) is 37.3 Å². The minimum absolute atomic E-state index is 0.0446. The summed E-state index contributed by atoms with van der Waals surface area (Å²) in [6, 6.07) is 17.9. The highest BCUT2D eigenvalue weighted by atomic mass is 16.3. The summed E-state index contributed by atoms with van der Waals surface area (Å²) in [7, 11) is 0. The molecule has 3 rings (SSSR count). The smallest absolute Gasteiger partial charge is 0.251 e. The second-order valence-electron chi connectivity index (χ2n) is 8.88. The molecular formula is C28H34N2O4. The van der Waals surface area contributed by atoms with E-state index < -0.39 is 6.10 Å². The maximum absolute atomic E-state index is 12.7. The van der Waals surface area contributed by atoms with Crippen LogP contribution < -0.4 is 10.6 Å². The summed E-state index contributed by atoms with van der Waals surface area (Å²) in [6.45, 7) is 7.05. The van der Waals surface area contributed by atoms with Crippen molar-refractivity contribution in [1.29, 1.82) is 0 Å². The average molecular weight is 463 g/mol. The van der Waals surface area contributed by atoms with Gasteiger partial charge in [0.2, 0.25) is 0 Å². The van der Waals surface area contributed by atoms with Crippen LogP contribution in [0.2, 0.25) is 0 Å². The molecule has 0 saturated carbocycles. The number of phenolic OH excluding ortho intramolecular Hbond substituents is 2. The van der Waals surface area contributed by atoms with Crippen molar-refractivity contribution in [1.82, 2.24) is 10.6 Å². The fourth-order valence-electron chi connectivity index (χ4n) is 4.00. The Labute approximate surface area is 201 Å². The van der Waals surface area contributed by atoms with Crippen molar-refractivity contribution in [2.75, 3.05) is 13.1 Å². The molecule has 0 heterocycles. The van der Waals surface area contributed by atoms with Gasteiger partial charge in [-0.25, -0.2) is 0 Å². The quantitative estimate of drug-likeness (QED) is 0.314. The van der Waals surface area contributed by atoms with Crippen molar-refractivity contribution in [2.24, 2.45) is 0 Å². The third kappa shape index (κ3) is 7.07. The number of phenols is 2. The molecule has 0 radical (unpaired) electrons. The summed E-state index contributed by atoms with van der Waals surface area (Å²) < 4.78 is 0. The van der Waals surface area contributed by atoms with Crippen molar-refractivity contribution >= 4 is 5.91 Å². The van der Waals surface area contributed by atoms with Gasteiger partial charge in [0.25, 0.3) is 5.91 Å². The van der Waals surface area contributed by atoms with Gasteiger partial charge in [0.05, 0.1) is 6.10 Å². The number of hydrogen-bond donors (Lipinski definition) is 5. The van der Waals surface area contributed by atoms with Crippen LogP contribution in [0.4, 0.5) is 0 Å². The Morgan fingerprint density at radius 3 is 2.41 bits per heavy atom. The van der Waals surface area contributed by atoms with E-state index in [-0.39, 0.29) is 30.0 Å². The summed E-state index contributed by atoms with van der Waals surface area (Å²) in [5, 5.41) is 35.8. The SMILES string of the molecule is Cc1cccc(CCNC(=O)c2cccc(C[C@@H](C)NC[C@H](O)c3cc(O)cc(O)c3)c2)c1C. The molecule has 0 bridgehead atoms. The first-order chi connectivity index (χ1) is 16.2. The molecule has 3 aromatic rings. The van der Waals surface area contributed by atoms with Crippen LogP contribution in [0.1, 0.15) is 51.2 Å². The largest absolute Gasteiger partial charge is 0.508 e. The predicted octanol–water partition coefficient (Wildman–Crippen LogP) is 3.94. The lowest BCUT2D eigenvalue weighted by Crippen LogP contribution is -2.32. The summed E-state index contributed by atoms with van der Waals surface area (Å²) in [5.41, 5.74) is 5.86. The average Bonchev–Trinajstić information content (AvgIpc) is 2.79. The van der Waals surface area contributed by atoms with Crippen molar-refractivity contribution in [3.8, 4) is 11.5 Å². The fourth-order valence-corrected chi connectivity index (χ4v) is 4.00. The molecule has 0 fully saturated rings. The van der Waals surface area contributed by atoms with E-state index in [1.165, 1.54) is 34.9 Å². The maximum Gasteiger partial charge on any atom is 0.251 e. The normalized spacial score (nSPS) is 12.8. The highest BCUT2D eigenvalue weighted by Crippen LogP contribution is 2.24. The zero-order valence-corrected chi connectivity index (χ0v) is 20.0. The molecule has 0 spiro atoms. The number of aliphatic hydroxyl groups is 1. The van der Waals surface area contributed by atoms with Gasteiger partial charge in [-0.3, -0.25) is 4.79 Å². The fraction of sp³-hybridized carbons (Fsp3) is 0.321. The van der Waals surface area contributed by atoms with Crippen LogP contribution in [-0.2, 0) is 12.8 Å². The van der Waals surface area contributed by atoms with E-state index in [1.54, 1.807) is 0 Å². The summed E-state index contributed by atoms with van der Waals surface area (Å²) in [4.78, 5) is 12.7. The Bertz CT molecular complexity index is 1110. The number of aromatic hydroxyl groups is 2. The second-order valence-corrected chi connectivity index (χ2v) is 8.88. The van der Waals surface area contributed by atoms with E-state index in [4.69, 9.17) is 0 Å². The first-order valence-electron chi connectivity index (χ1n) is 11.6. The molecule has 34 heavy (non-hydrogen) atoms. The third-order valence-corrected chi connectivity index (χ3v) is 6.10. The first kappa shape index (κ1) is 25.3. The minimum Gasteiger partial charge on any atom is -0.508 e. The zero-order chi connectivity index (χ0) is 24.7. The first-order valence-corrected chi connectivity index (χ1v) is 11.6. The molecule has 0 aromatic heterocycles. The van der Waals surface area contributed by atoms with Crippen molar-refractivity contribution < 1.29 is 20.1 Å². The maximum atomic E-state index is 12.7. The van der Waals surface area contributed by atoms with Crippen LogP contribution in [0.5, 0.6) is 11.5 Å². The summed E-state index contributed by atoms with van der Waals surface area (Å²) in [6.07, 6.45) is 0.607. The monoisotopic (exact) mass is 462 g/mol. The standard InChI is InChI=1S/C28H34N2O4/c1-18-6-4-8-22(20(18)3)10-11-29-28(34)23-9-5-7-21(13-23)12-19(2)30-17-27(33)24-14-25(31)16-26(32)15-24/h4-9,13-16,19,27,30-33H,10-12,17H2,1-3H3,(H,29,34)/t19-,27+/m1/s1. The molecule has 6 heteroatoms. The number of amides is 1. The van der Waals surface area contributed by atoms with Crippen LogP contribution in [0.15, 0.2) is 60.7 Å². The Balaban J connectivity index is 1.50. The molecule has 0 saturated heterocycles. The van der Waals surface area contributed by atoms with Crippen molar-refractivity contribution in [2.45, 2.75) is 45.8 Å². The van der Waals surface area contributed by atoms with Gasteiger partial charge in [-0.2, -0.15) is 0 Å². The Kier molecular flexibility index (Phi) is 8.68. The Morgan fingerprint density at radius 1 is 0.971 bits per heavy atom. The number of hydrogen-bond acceptors (Lipinski definition) is 5. The molecule has 1 amide bonds. The van der Waals surface area contributed by atoms with Crippen LogP contribution in [0.3, 0.4) is 0 Å². The Morgan fingerprint density at radius 2 is 1.68 bits per heavy atom. The van der Waals surface area contributed by atoms with Crippen LogP contribution in [0.25, 0.3) is 0 Å². The van der Waals surface area contributed by atoms with Crippen LogP contribution in [-0.4, -0.2) is 40.4 Å². The number of nitrogens with one attached hydrogen (secondary N) is 2. The third-order valence-electron chi connectivity index (χ3n) is 6.10. The lowest BCUT2D eigenvalue weighted by Gasteiger charge is -2.18. The van der Waals surface area contributed by atoms with Gasteiger partial charge in [-0.05, 0) is 85.7 Å². The van der Waals surface area contributed by atoms with Crippen molar-refractivity contribution in [3.63, 3.8) is 0 Å². The van der Waals surface area contributed by atoms with Gasteiger partial charge in [-0.15, -0.1) is 0 Å². The van der Waals surface area contributed by atoms with E-state index in [2.05, 4.69) is 36.6 Å². The number of aliphatic hydroxyl groups excluding tert-OH is 1. The van der Waals surface area contributed by atoms with E-state index >= 15 is 0 Å². The van der Waals surface area contributed by atoms with Crippen molar-refractivity contribution in [3.05, 3.63) is 94.0 Å². The molecular weight excluding hydrogens is 428 g/mol. The van der Waals surface area contributed by atoms with E-state index in [0.29, 0.717) is 24.1 Å². The molecule has 2 atom stereocenters. The second kappa shape index (κ2) is 11.7. The highest BCUT2D eigenvalue weighted by molar-refractivity contribution is 5.94. The van der Waals surface area contributed by atoms with Gasteiger partial charge in [0.1, 0.15) is 11.5 Å². The van der Waals surface area contributed by atoms with Gasteiger partial charge in [0, 0.05) is 30.8 Å². The highest BCUT2D eigenvalue weighted by Gasteiger charge is 2.13. The molecule has 5 N–H and O–H groups in total. The molecule has 0 aliphatic rings. The molecule has 3 aromatic carbocycles. The lowest BCUT2D eigenvalue weighted by molar-refractivity contribution is 0.0954. The molecule has 0 aliphatic heterocycles. The number of rotatable bonds is 10. The van der Waals surface area contributed by atoms with E-state index in [9.17, 15) is 20.1 Å². The summed E-state index contributed by atoms with van der Waals surface area (Å²) in [5.74, 6) is -0.274. The molecule has 180 valence electrons. The number of carbonyl (C=O) groups excluding carboxylic acids is 1. The topological polar surface area (TPSA) is 102 Å². The molecule has 6 nitrogen and oxygen atoms in total. The molecule has 0 unspecified atom stereocenters. The van der Waals surface area contributed by atoms with Gasteiger partial charge in [-0.1, -0.05) is 30.3 Å². The Hall–Kier alpha value is -3.35. The number of carbonyl (C=O) groups is 1. The summed E-state index contributed by atoms with van der Waals surface area (Å²) >= 11 is 0. The minimum atomic E-state index is -0.866. The van der Waals surface area contributed by atoms with Gasteiger partial charge in [0.15, 0.2) is 0 Å². The predicted molar refractivity (Wildman–Crippen MR) is 134 cm³/mol. The number of benzene rings is 3. The van der Waals surface area contributed by atoms with Gasteiger partial charge >= 0.3 is 0 Å². The van der Waals surface area contributed by atoms with Gasteiger partial charge < -0.3 is 26.0 Å². The van der Waals surface area contributed by atoms with Crippen LogP contribution >= 0.6 is 0 Å².